The van der Waals surface area contributed by atoms with Crippen LogP contribution in [0.3, 0.4) is 0 Å². The van der Waals surface area contributed by atoms with Crippen molar-refractivity contribution in [3.63, 3.8) is 0 Å². The highest BCUT2D eigenvalue weighted by Gasteiger charge is 2.17. The van der Waals surface area contributed by atoms with Crippen molar-refractivity contribution in [2.24, 2.45) is 0 Å². The Labute approximate surface area is 113 Å². The molecular weight excluding hydrogens is 273 g/mol. The smallest absolute Gasteiger partial charge is 0.231 e. The molecule has 0 fully saturated rings. The van der Waals surface area contributed by atoms with Gasteiger partial charge in [0.05, 0.1) is 6.20 Å². The quantitative estimate of drug-likeness (QED) is 0.877. The molecule has 19 heavy (non-hydrogen) atoms. The zero-order valence-corrected chi connectivity index (χ0v) is 10.4. The van der Waals surface area contributed by atoms with Crippen molar-refractivity contribution in [1.29, 1.82) is 0 Å². The molecule has 0 amide bonds. The van der Waals surface area contributed by atoms with Gasteiger partial charge < -0.3 is 14.8 Å². The maximum Gasteiger partial charge on any atom is 0.231 e. The van der Waals surface area contributed by atoms with E-state index in [2.05, 4.69) is 15.3 Å². The number of fused-ring (bicyclic) bond motifs is 1. The normalized spacial score (nSPS) is 12.5. The van der Waals surface area contributed by atoms with Crippen molar-refractivity contribution in [3.05, 3.63) is 41.1 Å². The molecule has 7 heteroatoms. The lowest BCUT2D eigenvalue weighted by molar-refractivity contribution is 0.173. The number of halogens is 2. The van der Waals surface area contributed by atoms with Gasteiger partial charge in [0.2, 0.25) is 12.1 Å². The number of para-hydroxylation sites is 1. The molecule has 2 aromatic rings. The molecule has 0 unspecified atom stereocenters. The Bertz CT molecular complexity index is 624. The lowest BCUT2D eigenvalue weighted by atomic mass is 10.2. The topological polar surface area (TPSA) is 56.3 Å². The second kappa shape index (κ2) is 4.89. The molecule has 3 rings (SSSR count). The third-order valence-corrected chi connectivity index (χ3v) is 2.82. The van der Waals surface area contributed by atoms with Crippen LogP contribution in [-0.4, -0.2) is 16.8 Å². The molecule has 0 radical (unpaired) electrons. The second-order valence-corrected chi connectivity index (χ2v) is 4.18. The molecule has 1 aliphatic heterocycles. The molecule has 1 N–H and O–H groups in total. The Morgan fingerprint density at radius 3 is 3.16 bits per heavy atom. The van der Waals surface area contributed by atoms with Crippen molar-refractivity contribution < 1.29 is 13.9 Å². The predicted octanol–water partition coefficient (Wildman–Crippen LogP) is 2.61. The maximum absolute atomic E-state index is 13.4. The summed E-state index contributed by atoms with van der Waals surface area (Å²) in [7, 11) is 0. The summed E-state index contributed by atoms with van der Waals surface area (Å²) in [5.41, 5.74) is 0.851. The van der Waals surface area contributed by atoms with Crippen LogP contribution in [-0.2, 0) is 6.54 Å². The van der Waals surface area contributed by atoms with E-state index in [0.29, 0.717) is 18.0 Å². The van der Waals surface area contributed by atoms with E-state index in [1.807, 2.05) is 18.2 Å². The molecule has 98 valence electrons. The van der Waals surface area contributed by atoms with Gasteiger partial charge in [-0.05, 0) is 17.7 Å². The van der Waals surface area contributed by atoms with E-state index in [0.717, 1.165) is 11.8 Å². The van der Waals surface area contributed by atoms with Crippen LogP contribution in [0.4, 0.5) is 10.2 Å². The van der Waals surface area contributed by atoms with Crippen LogP contribution in [0.5, 0.6) is 11.5 Å². The molecule has 0 atom stereocenters. The molecule has 5 nitrogen and oxygen atoms in total. The molecule has 0 spiro atoms. The molecule has 1 aromatic carbocycles. The summed E-state index contributed by atoms with van der Waals surface area (Å²) >= 11 is 5.62. The summed E-state index contributed by atoms with van der Waals surface area (Å²) in [5.74, 6) is 0.835. The van der Waals surface area contributed by atoms with Gasteiger partial charge in [-0.25, -0.2) is 9.37 Å². The molecule has 0 saturated carbocycles. The average molecular weight is 282 g/mol. The third-order valence-electron chi connectivity index (χ3n) is 2.64. The first-order chi connectivity index (χ1) is 9.24. The number of ether oxygens (including phenoxy) is 2. The Morgan fingerprint density at radius 1 is 1.37 bits per heavy atom. The van der Waals surface area contributed by atoms with Gasteiger partial charge in [0.15, 0.2) is 23.1 Å². The lowest BCUT2D eigenvalue weighted by Crippen LogP contribution is -2.05. The van der Waals surface area contributed by atoms with E-state index in [1.165, 1.54) is 0 Å². The zero-order valence-electron chi connectivity index (χ0n) is 9.69. The Kier molecular flexibility index (Phi) is 3.08. The van der Waals surface area contributed by atoms with Crippen LogP contribution in [0, 0.1) is 5.82 Å². The summed E-state index contributed by atoms with van der Waals surface area (Å²) in [6, 6.07) is 5.52. The van der Waals surface area contributed by atoms with Gasteiger partial charge in [-0.1, -0.05) is 12.1 Å². The molecule has 1 aromatic heterocycles. The summed E-state index contributed by atoms with van der Waals surface area (Å²) in [5, 5.41) is 2.84. The van der Waals surface area contributed by atoms with E-state index >= 15 is 0 Å². The summed E-state index contributed by atoms with van der Waals surface area (Å²) in [6.07, 6.45) is 1.02. The number of nitrogens with zero attached hydrogens (tertiary/aromatic N) is 2. The van der Waals surface area contributed by atoms with E-state index in [9.17, 15) is 4.39 Å². The fraction of sp³-hybridized carbons (Fsp3) is 0.167. The van der Waals surface area contributed by atoms with Crippen LogP contribution >= 0.6 is 11.6 Å². The van der Waals surface area contributed by atoms with Crippen LogP contribution < -0.4 is 14.8 Å². The van der Waals surface area contributed by atoms with Gasteiger partial charge in [0, 0.05) is 12.1 Å². The molecule has 0 saturated heterocycles. The fourth-order valence-electron chi connectivity index (χ4n) is 1.78. The standard InChI is InChI=1S/C12H9ClFN3O2/c13-12-16-5-8(14)11(17-12)15-4-7-2-1-3-9-10(7)19-6-18-9/h1-3,5H,4,6H2,(H,15,16,17). The van der Waals surface area contributed by atoms with Crippen molar-refractivity contribution in [1.82, 2.24) is 9.97 Å². The number of hydrogen-bond acceptors (Lipinski definition) is 5. The number of hydrogen-bond donors (Lipinski definition) is 1. The first kappa shape index (κ1) is 12.0. The Balaban J connectivity index is 1.80. The summed E-state index contributed by atoms with van der Waals surface area (Å²) in [4.78, 5) is 7.32. The molecule has 2 heterocycles. The predicted molar refractivity (Wildman–Crippen MR) is 66.9 cm³/mol. The van der Waals surface area contributed by atoms with Gasteiger partial charge >= 0.3 is 0 Å². The monoisotopic (exact) mass is 281 g/mol. The largest absolute Gasteiger partial charge is 0.454 e. The molecular formula is C12H9ClFN3O2. The Morgan fingerprint density at radius 2 is 2.26 bits per heavy atom. The fourth-order valence-corrected chi connectivity index (χ4v) is 1.91. The number of anilines is 1. The zero-order chi connectivity index (χ0) is 13.2. The van der Waals surface area contributed by atoms with Crippen LogP contribution in [0.2, 0.25) is 5.28 Å². The molecule has 0 bridgehead atoms. The van der Waals surface area contributed by atoms with E-state index in [1.54, 1.807) is 0 Å². The average Bonchev–Trinajstić information content (AvgIpc) is 2.88. The van der Waals surface area contributed by atoms with Crippen LogP contribution in [0.25, 0.3) is 0 Å². The number of nitrogens with one attached hydrogen (secondary N) is 1. The minimum absolute atomic E-state index is 0.0122. The number of rotatable bonds is 3. The van der Waals surface area contributed by atoms with Gasteiger partial charge in [0.1, 0.15) is 0 Å². The van der Waals surface area contributed by atoms with Gasteiger partial charge in [-0.3, -0.25) is 0 Å². The van der Waals surface area contributed by atoms with E-state index in [4.69, 9.17) is 21.1 Å². The first-order valence-electron chi connectivity index (χ1n) is 5.53. The SMILES string of the molecule is Fc1cnc(Cl)nc1NCc1cccc2c1OCO2. The molecule has 0 aliphatic carbocycles. The third kappa shape index (κ3) is 2.39. The van der Waals surface area contributed by atoms with Crippen molar-refractivity contribution in [2.45, 2.75) is 6.54 Å². The Hall–Kier alpha value is -2.08. The number of aromatic nitrogens is 2. The lowest BCUT2D eigenvalue weighted by Gasteiger charge is -2.08. The van der Waals surface area contributed by atoms with Crippen LogP contribution in [0.1, 0.15) is 5.56 Å². The van der Waals surface area contributed by atoms with Crippen molar-refractivity contribution in [3.8, 4) is 11.5 Å². The van der Waals surface area contributed by atoms with Gasteiger partial charge in [0.25, 0.3) is 0 Å². The minimum atomic E-state index is -0.561. The van der Waals surface area contributed by atoms with Gasteiger partial charge in [-0.2, -0.15) is 4.98 Å². The van der Waals surface area contributed by atoms with Crippen LogP contribution in [0.15, 0.2) is 24.4 Å². The van der Waals surface area contributed by atoms with Gasteiger partial charge in [-0.15, -0.1) is 0 Å². The first-order valence-corrected chi connectivity index (χ1v) is 5.91. The van der Waals surface area contributed by atoms with E-state index in [-0.39, 0.29) is 17.9 Å². The minimum Gasteiger partial charge on any atom is -0.454 e. The highest BCUT2D eigenvalue weighted by atomic mass is 35.5. The molecule has 1 aliphatic rings. The second-order valence-electron chi connectivity index (χ2n) is 3.84. The summed E-state index contributed by atoms with van der Waals surface area (Å²) < 4.78 is 24.1. The van der Waals surface area contributed by atoms with Crippen molar-refractivity contribution >= 4 is 17.4 Å². The highest BCUT2D eigenvalue weighted by molar-refractivity contribution is 6.28. The number of benzene rings is 1. The summed E-state index contributed by atoms with van der Waals surface area (Å²) in [6.45, 7) is 0.539. The van der Waals surface area contributed by atoms with E-state index < -0.39 is 5.82 Å². The van der Waals surface area contributed by atoms with Crippen molar-refractivity contribution in [2.75, 3.05) is 12.1 Å². The highest BCUT2D eigenvalue weighted by Crippen LogP contribution is 2.35. The maximum atomic E-state index is 13.4.